The lowest BCUT2D eigenvalue weighted by atomic mass is 10.0. The van der Waals surface area contributed by atoms with Crippen LogP contribution < -0.4 is 10.5 Å². The fourth-order valence-corrected chi connectivity index (χ4v) is 3.41. The van der Waals surface area contributed by atoms with Crippen LogP contribution in [0.3, 0.4) is 0 Å². The van der Waals surface area contributed by atoms with Gasteiger partial charge in [-0.25, -0.2) is 0 Å². The number of hydrogen-bond acceptors (Lipinski definition) is 3. The molecule has 0 atom stereocenters. The summed E-state index contributed by atoms with van der Waals surface area (Å²) in [5.41, 5.74) is 10.6. The minimum Gasteiger partial charge on any atom is -0.439 e. The van der Waals surface area contributed by atoms with E-state index < -0.39 is 0 Å². The molecule has 0 bridgehead atoms. The number of hydrogen-bond donors (Lipinski definition) is 1. The molecule has 4 nitrogen and oxygen atoms in total. The van der Waals surface area contributed by atoms with Gasteiger partial charge in [-0.05, 0) is 53.4 Å². The highest BCUT2D eigenvalue weighted by molar-refractivity contribution is 5.85. The van der Waals surface area contributed by atoms with Gasteiger partial charge in [0.2, 0.25) is 5.88 Å². The van der Waals surface area contributed by atoms with E-state index in [4.69, 9.17) is 10.5 Å². The van der Waals surface area contributed by atoms with E-state index in [-0.39, 0.29) is 0 Å². The molecular weight excluding hydrogens is 346 g/mol. The maximum atomic E-state index is 9.61. The zero-order valence-electron chi connectivity index (χ0n) is 15.9. The van der Waals surface area contributed by atoms with Gasteiger partial charge in [0.25, 0.3) is 0 Å². The van der Waals surface area contributed by atoms with Crippen molar-refractivity contribution in [2.75, 3.05) is 5.73 Å². The lowest BCUT2D eigenvalue weighted by Crippen LogP contribution is -2.05. The van der Waals surface area contributed by atoms with Crippen molar-refractivity contribution in [3.63, 3.8) is 0 Å². The van der Waals surface area contributed by atoms with Gasteiger partial charge >= 0.3 is 0 Å². The number of anilines is 1. The van der Waals surface area contributed by atoms with E-state index in [2.05, 4.69) is 37.3 Å². The Morgan fingerprint density at radius 2 is 1.75 bits per heavy atom. The highest BCUT2D eigenvalue weighted by Crippen LogP contribution is 2.33. The van der Waals surface area contributed by atoms with Crippen LogP contribution in [-0.4, -0.2) is 4.57 Å². The summed E-state index contributed by atoms with van der Waals surface area (Å²) >= 11 is 0. The molecule has 0 aliphatic carbocycles. The average molecular weight is 367 g/mol. The van der Waals surface area contributed by atoms with Crippen LogP contribution in [0.4, 0.5) is 5.69 Å². The molecule has 0 saturated carbocycles. The molecule has 3 aromatic carbocycles. The fraction of sp³-hybridized carbons (Fsp3) is 0.125. The van der Waals surface area contributed by atoms with Crippen LogP contribution in [0, 0.1) is 25.2 Å². The Labute approximate surface area is 164 Å². The van der Waals surface area contributed by atoms with Crippen LogP contribution in [0.2, 0.25) is 0 Å². The number of aromatic nitrogens is 1. The molecule has 138 valence electrons. The van der Waals surface area contributed by atoms with Crippen LogP contribution in [0.25, 0.3) is 10.8 Å². The number of nitriles is 1. The molecule has 1 heterocycles. The average Bonchev–Trinajstić information content (AvgIpc) is 3.00. The first kappa shape index (κ1) is 17.7. The Morgan fingerprint density at radius 3 is 2.54 bits per heavy atom. The minimum atomic E-state index is 0.454. The number of nitrogen functional groups attached to an aromatic ring is 1. The summed E-state index contributed by atoms with van der Waals surface area (Å²) in [6.45, 7) is 4.60. The summed E-state index contributed by atoms with van der Waals surface area (Å²) in [6.07, 6.45) is 0. The summed E-state index contributed by atoms with van der Waals surface area (Å²) < 4.78 is 7.97. The van der Waals surface area contributed by atoms with E-state index in [9.17, 15) is 5.26 Å². The normalized spacial score (nSPS) is 10.8. The summed E-state index contributed by atoms with van der Waals surface area (Å²) in [7, 11) is 0. The summed E-state index contributed by atoms with van der Waals surface area (Å²) in [5, 5.41) is 11.9. The SMILES string of the molecule is Cc1ccc(Oc2c(N)cc(C#N)n2Cc2cccc3ccccc23)cc1C. The lowest BCUT2D eigenvalue weighted by molar-refractivity contribution is 0.437. The van der Waals surface area contributed by atoms with Gasteiger partial charge in [0.05, 0.1) is 12.2 Å². The van der Waals surface area contributed by atoms with Gasteiger partial charge in [-0.3, -0.25) is 4.57 Å². The number of ether oxygens (including phenoxy) is 1. The number of nitrogens with zero attached hydrogens (tertiary/aromatic N) is 2. The molecule has 4 aromatic rings. The highest BCUT2D eigenvalue weighted by atomic mass is 16.5. The zero-order valence-corrected chi connectivity index (χ0v) is 15.9. The Kier molecular flexibility index (Phi) is 4.50. The molecule has 2 N–H and O–H groups in total. The second-order valence-electron chi connectivity index (χ2n) is 6.97. The second-order valence-corrected chi connectivity index (χ2v) is 6.97. The molecule has 1 aromatic heterocycles. The van der Waals surface area contributed by atoms with Crippen LogP contribution >= 0.6 is 0 Å². The quantitative estimate of drug-likeness (QED) is 0.514. The number of fused-ring (bicyclic) bond motifs is 1. The van der Waals surface area contributed by atoms with Gasteiger partial charge in [-0.2, -0.15) is 5.26 Å². The fourth-order valence-electron chi connectivity index (χ4n) is 3.41. The van der Waals surface area contributed by atoms with Crippen molar-refractivity contribution < 1.29 is 4.74 Å². The minimum absolute atomic E-state index is 0.454. The molecule has 0 unspecified atom stereocenters. The van der Waals surface area contributed by atoms with Crippen molar-refractivity contribution in [1.29, 1.82) is 5.26 Å². The van der Waals surface area contributed by atoms with Crippen LogP contribution in [0.5, 0.6) is 11.6 Å². The molecule has 4 rings (SSSR count). The van der Waals surface area contributed by atoms with E-state index in [1.807, 2.05) is 47.9 Å². The number of benzene rings is 3. The molecule has 28 heavy (non-hydrogen) atoms. The first-order valence-electron chi connectivity index (χ1n) is 9.17. The molecule has 0 aliphatic heterocycles. The molecule has 0 spiro atoms. The predicted molar refractivity (Wildman–Crippen MR) is 113 cm³/mol. The largest absolute Gasteiger partial charge is 0.439 e. The Bertz CT molecular complexity index is 1210. The lowest BCUT2D eigenvalue weighted by Gasteiger charge is -2.14. The van der Waals surface area contributed by atoms with Crippen LogP contribution in [0.1, 0.15) is 22.4 Å². The Balaban J connectivity index is 1.78. The Hall–Kier alpha value is -3.71. The molecule has 0 aliphatic rings. The van der Waals surface area contributed by atoms with E-state index in [0.29, 0.717) is 29.6 Å². The topological polar surface area (TPSA) is 64.0 Å². The first-order chi connectivity index (χ1) is 13.6. The molecule has 0 saturated heterocycles. The summed E-state index contributed by atoms with van der Waals surface area (Å²) in [6, 6.07) is 24.2. The summed E-state index contributed by atoms with van der Waals surface area (Å²) in [4.78, 5) is 0. The molecule has 0 fully saturated rings. The third-order valence-corrected chi connectivity index (χ3v) is 5.09. The van der Waals surface area contributed by atoms with Gasteiger partial charge in [0.15, 0.2) is 0 Å². The van der Waals surface area contributed by atoms with Crippen molar-refractivity contribution in [1.82, 2.24) is 4.57 Å². The summed E-state index contributed by atoms with van der Waals surface area (Å²) in [5.74, 6) is 1.20. The van der Waals surface area contributed by atoms with Gasteiger partial charge in [0, 0.05) is 6.07 Å². The van der Waals surface area contributed by atoms with Crippen molar-refractivity contribution in [2.24, 2.45) is 0 Å². The van der Waals surface area contributed by atoms with E-state index in [1.54, 1.807) is 6.07 Å². The van der Waals surface area contributed by atoms with Gasteiger partial charge in [-0.1, -0.05) is 48.5 Å². The van der Waals surface area contributed by atoms with Gasteiger partial charge in [0.1, 0.15) is 17.5 Å². The van der Waals surface area contributed by atoms with E-state index >= 15 is 0 Å². The highest BCUT2D eigenvalue weighted by Gasteiger charge is 2.17. The predicted octanol–water partition coefficient (Wildman–Crippen LogP) is 5.55. The first-order valence-corrected chi connectivity index (χ1v) is 9.17. The number of nitrogens with two attached hydrogens (primary N) is 1. The second kappa shape index (κ2) is 7.13. The van der Waals surface area contributed by atoms with Crippen LogP contribution in [0.15, 0.2) is 66.7 Å². The maximum absolute atomic E-state index is 9.61. The third-order valence-electron chi connectivity index (χ3n) is 5.09. The van der Waals surface area contributed by atoms with E-state index in [1.165, 1.54) is 5.56 Å². The molecular formula is C24H21N3O. The number of aryl methyl sites for hydroxylation is 2. The third kappa shape index (κ3) is 3.19. The van der Waals surface area contributed by atoms with Crippen molar-refractivity contribution in [3.05, 3.63) is 89.1 Å². The molecule has 0 radical (unpaired) electrons. The van der Waals surface area contributed by atoms with Crippen molar-refractivity contribution in [2.45, 2.75) is 20.4 Å². The standard InChI is InChI=1S/C24H21N3O/c1-16-10-11-21(12-17(16)2)28-24-23(26)13-20(14-25)27(24)15-19-8-5-7-18-6-3-4-9-22(18)19/h3-13H,15,26H2,1-2H3. The smallest absolute Gasteiger partial charge is 0.224 e. The van der Waals surface area contributed by atoms with Gasteiger partial charge < -0.3 is 10.5 Å². The molecule has 4 heteroatoms. The molecule has 0 amide bonds. The maximum Gasteiger partial charge on any atom is 0.224 e. The van der Waals surface area contributed by atoms with Crippen molar-refractivity contribution >= 4 is 16.5 Å². The van der Waals surface area contributed by atoms with Gasteiger partial charge in [-0.15, -0.1) is 0 Å². The van der Waals surface area contributed by atoms with Crippen molar-refractivity contribution in [3.8, 4) is 17.7 Å². The van der Waals surface area contributed by atoms with E-state index in [0.717, 1.165) is 21.9 Å². The number of rotatable bonds is 4. The Morgan fingerprint density at radius 1 is 0.964 bits per heavy atom. The van der Waals surface area contributed by atoms with Crippen LogP contribution in [-0.2, 0) is 6.54 Å². The monoisotopic (exact) mass is 367 g/mol. The zero-order chi connectivity index (χ0) is 19.7.